The number of anilines is 1. The molecule has 2 aromatic rings. The lowest BCUT2D eigenvalue weighted by atomic mass is 9.85. The molecule has 1 fully saturated rings. The zero-order valence-corrected chi connectivity index (χ0v) is 13.5. The number of nitrogens with zero attached hydrogens (tertiary/aromatic N) is 3. The molecule has 3 N–H and O–H groups in total. The number of nitrogens with one attached hydrogen (secondary N) is 2. The Bertz CT molecular complexity index is 712. The van der Waals surface area contributed by atoms with Crippen LogP contribution < -0.4 is 10.6 Å². The Balaban J connectivity index is 1.69. The number of carbonyl (C=O) groups excluding carboxylic acids is 1. The smallest absolute Gasteiger partial charge is 0.319 e. The van der Waals surface area contributed by atoms with E-state index in [0.717, 1.165) is 42.4 Å². The number of urea groups is 1. The van der Waals surface area contributed by atoms with Crippen LogP contribution in [0.1, 0.15) is 31.4 Å². The van der Waals surface area contributed by atoms with Crippen molar-refractivity contribution in [3.8, 4) is 0 Å². The number of aliphatic hydroxyl groups excluding tert-OH is 1. The van der Waals surface area contributed by atoms with Crippen LogP contribution >= 0.6 is 0 Å². The Hall–Kier alpha value is -2.15. The molecule has 1 aliphatic rings. The molecule has 0 aromatic carbocycles. The molecule has 0 saturated heterocycles. The third-order valence-corrected chi connectivity index (χ3v) is 4.58. The molecule has 1 saturated carbocycles. The molecule has 0 spiro atoms. The van der Waals surface area contributed by atoms with Crippen molar-refractivity contribution in [3.05, 3.63) is 18.0 Å². The van der Waals surface area contributed by atoms with Crippen LogP contribution in [0.2, 0.25) is 0 Å². The van der Waals surface area contributed by atoms with Gasteiger partial charge in [-0.05, 0) is 25.8 Å². The summed E-state index contributed by atoms with van der Waals surface area (Å²) < 4.78 is 1.72. The Labute approximate surface area is 135 Å². The number of carbonyl (C=O) groups is 1. The predicted octanol–water partition coefficient (Wildman–Crippen LogP) is 1.95. The summed E-state index contributed by atoms with van der Waals surface area (Å²) in [6, 6.07) is 1.66. The fourth-order valence-electron chi connectivity index (χ4n) is 3.33. The van der Waals surface area contributed by atoms with Crippen LogP contribution in [0.4, 0.5) is 10.5 Å². The second-order valence-electron chi connectivity index (χ2n) is 6.24. The largest absolute Gasteiger partial charge is 0.396 e. The van der Waals surface area contributed by atoms with Crippen molar-refractivity contribution in [2.45, 2.75) is 38.6 Å². The third-order valence-electron chi connectivity index (χ3n) is 4.58. The molecule has 124 valence electrons. The summed E-state index contributed by atoms with van der Waals surface area (Å²) in [4.78, 5) is 16.6. The number of rotatable bonds is 3. The molecule has 2 heterocycles. The van der Waals surface area contributed by atoms with Crippen LogP contribution in [0, 0.1) is 12.8 Å². The third kappa shape index (κ3) is 3.29. The lowest BCUT2D eigenvalue weighted by Gasteiger charge is -2.30. The second-order valence-corrected chi connectivity index (χ2v) is 6.24. The van der Waals surface area contributed by atoms with Crippen molar-refractivity contribution in [2.75, 3.05) is 11.9 Å². The highest BCUT2D eigenvalue weighted by Gasteiger charge is 2.25. The van der Waals surface area contributed by atoms with Crippen LogP contribution in [0.25, 0.3) is 11.0 Å². The Kier molecular flexibility index (Phi) is 4.47. The van der Waals surface area contributed by atoms with Gasteiger partial charge in [0.25, 0.3) is 0 Å². The number of amides is 2. The van der Waals surface area contributed by atoms with E-state index in [0.29, 0.717) is 5.69 Å². The molecule has 1 aliphatic carbocycles. The highest BCUT2D eigenvalue weighted by Crippen LogP contribution is 2.24. The van der Waals surface area contributed by atoms with E-state index in [4.69, 9.17) is 0 Å². The maximum Gasteiger partial charge on any atom is 0.319 e. The molecule has 3 rings (SSSR count). The summed E-state index contributed by atoms with van der Waals surface area (Å²) in [5.41, 5.74) is 2.32. The van der Waals surface area contributed by atoms with E-state index >= 15 is 0 Å². The first-order valence-electron chi connectivity index (χ1n) is 8.06. The average Bonchev–Trinajstić information content (AvgIpc) is 2.82. The van der Waals surface area contributed by atoms with Gasteiger partial charge in [0.2, 0.25) is 0 Å². The quantitative estimate of drug-likeness (QED) is 0.807. The minimum atomic E-state index is -0.252. The number of aromatic nitrogens is 3. The van der Waals surface area contributed by atoms with Gasteiger partial charge in [-0.2, -0.15) is 5.10 Å². The number of hydrogen-bond donors (Lipinski definition) is 3. The summed E-state index contributed by atoms with van der Waals surface area (Å²) in [7, 11) is 1.85. The molecule has 0 radical (unpaired) electrons. The minimum Gasteiger partial charge on any atom is -0.396 e. The molecule has 7 nitrogen and oxygen atoms in total. The Morgan fingerprint density at radius 2 is 2.22 bits per heavy atom. The van der Waals surface area contributed by atoms with Crippen LogP contribution in [0.5, 0.6) is 0 Å². The first kappa shape index (κ1) is 15.7. The normalized spacial score (nSPS) is 21.3. The molecule has 2 unspecified atom stereocenters. The van der Waals surface area contributed by atoms with Crippen LogP contribution in [-0.2, 0) is 7.05 Å². The molecule has 2 atom stereocenters. The van der Waals surface area contributed by atoms with E-state index in [-0.39, 0.29) is 24.6 Å². The Morgan fingerprint density at radius 3 is 3.00 bits per heavy atom. The van der Waals surface area contributed by atoms with Gasteiger partial charge in [0.1, 0.15) is 0 Å². The molecule has 2 aromatic heterocycles. The predicted molar refractivity (Wildman–Crippen MR) is 88.2 cm³/mol. The van der Waals surface area contributed by atoms with E-state index < -0.39 is 0 Å². The monoisotopic (exact) mass is 317 g/mol. The molecule has 7 heteroatoms. The van der Waals surface area contributed by atoms with Gasteiger partial charge in [-0.25, -0.2) is 9.78 Å². The van der Waals surface area contributed by atoms with Gasteiger partial charge in [-0.1, -0.05) is 12.8 Å². The number of pyridine rings is 1. The lowest BCUT2D eigenvalue weighted by molar-refractivity contribution is 0.156. The highest BCUT2D eigenvalue weighted by molar-refractivity contribution is 5.92. The first-order valence-corrected chi connectivity index (χ1v) is 8.06. The number of aryl methyl sites for hydroxylation is 2. The summed E-state index contributed by atoms with van der Waals surface area (Å²) >= 11 is 0. The molecule has 23 heavy (non-hydrogen) atoms. The summed E-state index contributed by atoms with van der Waals surface area (Å²) in [6.07, 6.45) is 5.71. The highest BCUT2D eigenvalue weighted by atomic mass is 16.3. The summed E-state index contributed by atoms with van der Waals surface area (Å²) in [5, 5.41) is 20.5. The van der Waals surface area contributed by atoms with Crippen molar-refractivity contribution in [1.29, 1.82) is 0 Å². The standard InChI is InChI=1S/C16H23N5O2/c1-10-13-7-12(8-17-15(13)21(2)20-10)18-16(23)19-14-6-4-3-5-11(14)9-22/h7-8,11,14,22H,3-6,9H2,1-2H3,(H2,18,19,23). The maximum absolute atomic E-state index is 12.2. The van der Waals surface area contributed by atoms with Crippen molar-refractivity contribution in [2.24, 2.45) is 13.0 Å². The van der Waals surface area contributed by atoms with Gasteiger partial charge in [-0.15, -0.1) is 0 Å². The van der Waals surface area contributed by atoms with Crippen molar-refractivity contribution < 1.29 is 9.90 Å². The summed E-state index contributed by atoms with van der Waals surface area (Å²) in [5.74, 6) is 0.149. The van der Waals surface area contributed by atoms with Crippen molar-refractivity contribution >= 4 is 22.8 Å². The lowest BCUT2D eigenvalue weighted by Crippen LogP contribution is -2.45. The van der Waals surface area contributed by atoms with Crippen molar-refractivity contribution in [3.63, 3.8) is 0 Å². The van der Waals surface area contributed by atoms with Gasteiger partial charge in [0.05, 0.1) is 17.6 Å². The topological polar surface area (TPSA) is 92.1 Å². The molecule has 0 bridgehead atoms. The molecule has 2 amide bonds. The van der Waals surface area contributed by atoms with Gasteiger partial charge in [0, 0.05) is 31.0 Å². The molecular weight excluding hydrogens is 294 g/mol. The zero-order chi connectivity index (χ0) is 16.4. The maximum atomic E-state index is 12.2. The number of aliphatic hydroxyl groups is 1. The van der Waals surface area contributed by atoms with Gasteiger partial charge in [0.15, 0.2) is 5.65 Å². The van der Waals surface area contributed by atoms with Crippen LogP contribution in [0.3, 0.4) is 0 Å². The zero-order valence-electron chi connectivity index (χ0n) is 13.5. The molecular formula is C16H23N5O2. The average molecular weight is 317 g/mol. The molecule has 0 aliphatic heterocycles. The van der Waals surface area contributed by atoms with E-state index in [1.54, 1.807) is 10.9 Å². The van der Waals surface area contributed by atoms with Crippen molar-refractivity contribution in [1.82, 2.24) is 20.1 Å². The second kappa shape index (κ2) is 6.54. The Morgan fingerprint density at radius 1 is 1.43 bits per heavy atom. The van der Waals surface area contributed by atoms with Crippen LogP contribution in [0.15, 0.2) is 12.3 Å². The van der Waals surface area contributed by atoms with E-state index in [1.807, 2.05) is 20.0 Å². The first-order chi connectivity index (χ1) is 11.1. The van der Waals surface area contributed by atoms with E-state index in [1.165, 1.54) is 0 Å². The summed E-state index contributed by atoms with van der Waals surface area (Å²) in [6.45, 7) is 2.04. The van der Waals surface area contributed by atoms with E-state index in [2.05, 4.69) is 20.7 Å². The SMILES string of the molecule is Cc1nn(C)c2ncc(NC(=O)NC3CCCCC3CO)cc12. The fourth-order valence-corrected chi connectivity index (χ4v) is 3.33. The minimum absolute atomic E-state index is 0.0329. The van der Waals surface area contributed by atoms with E-state index in [9.17, 15) is 9.90 Å². The van der Waals surface area contributed by atoms with Gasteiger partial charge < -0.3 is 15.7 Å². The van der Waals surface area contributed by atoms with Crippen LogP contribution in [-0.4, -0.2) is 38.6 Å². The fraction of sp³-hybridized carbons (Fsp3) is 0.562. The number of hydrogen-bond acceptors (Lipinski definition) is 4. The van der Waals surface area contributed by atoms with Gasteiger partial charge in [-0.3, -0.25) is 4.68 Å². The number of fused-ring (bicyclic) bond motifs is 1. The van der Waals surface area contributed by atoms with Gasteiger partial charge >= 0.3 is 6.03 Å².